The van der Waals surface area contributed by atoms with Gasteiger partial charge in [0.05, 0.1) is 0 Å². The van der Waals surface area contributed by atoms with Crippen LogP contribution in [0.15, 0.2) is 17.1 Å². The van der Waals surface area contributed by atoms with Gasteiger partial charge in [0.2, 0.25) is 0 Å². The Bertz CT molecular complexity index is 343. The number of rotatable bonds is 0. The Hall–Kier alpha value is -0.970. The molecule has 0 radical (unpaired) electrons. The third kappa shape index (κ3) is 1.61. The Morgan fingerprint density at radius 2 is 2.00 bits per heavy atom. The van der Waals surface area contributed by atoms with Crippen molar-refractivity contribution >= 4 is 11.6 Å². The van der Waals surface area contributed by atoms with Crippen molar-refractivity contribution in [1.82, 2.24) is 4.98 Å². The molecule has 0 aromatic carbocycles. The van der Waals surface area contributed by atoms with Crippen molar-refractivity contribution in [2.75, 3.05) is 0 Å². The second-order valence-corrected chi connectivity index (χ2v) is 2.41. The van der Waals surface area contributed by atoms with Gasteiger partial charge in [-0.3, -0.25) is 4.79 Å². The SMILES string of the molecule is O=c1cc[nH]c(Cl)c1C(F)(F)F. The zero-order valence-corrected chi connectivity index (χ0v) is 6.33. The number of aromatic amines is 1. The van der Waals surface area contributed by atoms with Gasteiger partial charge in [-0.2, -0.15) is 13.2 Å². The Kier molecular flexibility index (Phi) is 2.14. The lowest BCUT2D eigenvalue weighted by Crippen LogP contribution is -2.19. The van der Waals surface area contributed by atoms with Gasteiger partial charge in [-0.1, -0.05) is 11.6 Å². The van der Waals surface area contributed by atoms with Crippen molar-refractivity contribution in [3.63, 3.8) is 0 Å². The quantitative estimate of drug-likeness (QED) is 0.635. The molecular formula is C6H3ClF3NO. The molecule has 0 saturated heterocycles. The maximum Gasteiger partial charge on any atom is 0.423 e. The van der Waals surface area contributed by atoms with Crippen molar-refractivity contribution in [2.45, 2.75) is 6.18 Å². The van der Waals surface area contributed by atoms with Crippen molar-refractivity contribution < 1.29 is 13.2 Å². The zero-order valence-electron chi connectivity index (χ0n) is 5.57. The highest BCUT2D eigenvalue weighted by Crippen LogP contribution is 2.30. The first-order chi connectivity index (χ1) is 5.43. The van der Waals surface area contributed by atoms with Gasteiger partial charge in [-0.25, -0.2) is 0 Å². The third-order valence-electron chi connectivity index (χ3n) is 1.19. The minimum Gasteiger partial charge on any atom is -0.352 e. The first-order valence-electron chi connectivity index (χ1n) is 2.87. The molecule has 0 saturated carbocycles. The largest absolute Gasteiger partial charge is 0.423 e. The second-order valence-electron chi connectivity index (χ2n) is 2.03. The summed E-state index contributed by atoms with van der Waals surface area (Å²) in [6.07, 6.45) is -3.65. The van der Waals surface area contributed by atoms with E-state index in [0.29, 0.717) is 0 Å². The summed E-state index contributed by atoms with van der Waals surface area (Å²) >= 11 is 5.14. The Morgan fingerprint density at radius 3 is 2.33 bits per heavy atom. The van der Waals surface area contributed by atoms with Crippen LogP contribution in [0.4, 0.5) is 13.2 Å². The number of alkyl halides is 3. The summed E-state index contributed by atoms with van der Waals surface area (Å²) in [5.74, 6) is 0. The lowest BCUT2D eigenvalue weighted by Gasteiger charge is -2.05. The van der Waals surface area contributed by atoms with E-state index in [0.717, 1.165) is 12.3 Å². The van der Waals surface area contributed by atoms with Crippen LogP contribution in [0.2, 0.25) is 5.15 Å². The fourth-order valence-corrected chi connectivity index (χ4v) is 0.982. The van der Waals surface area contributed by atoms with E-state index in [2.05, 4.69) is 4.98 Å². The lowest BCUT2D eigenvalue weighted by atomic mass is 10.3. The van der Waals surface area contributed by atoms with Crippen molar-refractivity contribution in [3.8, 4) is 0 Å². The van der Waals surface area contributed by atoms with E-state index in [9.17, 15) is 18.0 Å². The van der Waals surface area contributed by atoms with Crippen LogP contribution in [0.25, 0.3) is 0 Å². The van der Waals surface area contributed by atoms with E-state index >= 15 is 0 Å². The topological polar surface area (TPSA) is 32.9 Å². The molecular weight excluding hydrogens is 195 g/mol. The molecule has 0 aliphatic carbocycles. The number of pyridine rings is 1. The van der Waals surface area contributed by atoms with Gasteiger partial charge in [0, 0.05) is 12.3 Å². The molecule has 1 aromatic rings. The lowest BCUT2D eigenvalue weighted by molar-refractivity contribution is -0.138. The van der Waals surface area contributed by atoms with Crippen LogP contribution in [0, 0.1) is 0 Å². The van der Waals surface area contributed by atoms with E-state index in [1.54, 1.807) is 0 Å². The summed E-state index contributed by atoms with van der Waals surface area (Å²) < 4.78 is 36.0. The number of aromatic nitrogens is 1. The summed E-state index contributed by atoms with van der Waals surface area (Å²) in [6.45, 7) is 0. The van der Waals surface area contributed by atoms with Crippen molar-refractivity contribution in [1.29, 1.82) is 0 Å². The predicted molar refractivity (Wildman–Crippen MR) is 37.1 cm³/mol. The van der Waals surface area contributed by atoms with E-state index in [-0.39, 0.29) is 0 Å². The van der Waals surface area contributed by atoms with Gasteiger partial charge in [0.15, 0.2) is 5.43 Å². The summed E-state index contributed by atoms with van der Waals surface area (Å²) in [4.78, 5) is 12.8. The highest BCUT2D eigenvalue weighted by molar-refractivity contribution is 6.30. The summed E-state index contributed by atoms with van der Waals surface area (Å²) in [5, 5.41) is -0.685. The molecule has 0 unspecified atom stereocenters. The fourth-order valence-electron chi connectivity index (χ4n) is 0.718. The van der Waals surface area contributed by atoms with E-state index < -0.39 is 22.3 Å². The molecule has 0 bridgehead atoms. The number of hydrogen-bond donors (Lipinski definition) is 1. The number of H-pyrrole nitrogens is 1. The molecule has 1 heterocycles. The van der Waals surface area contributed by atoms with Crippen LogP contribution < -0.4 is 5.43 Å². The van der Waals surface area contributed by atoms with Gasteiger partial charge in [-0.15, -0.1) is 0 Å². The monoisotopic (exact) mass is 197 g/mol. The molecule has 0 spiro atoms. The first kappa shape index (κ1) is 9.12. The minimum absolute atomic E-state index is 0.685. The fraction of sp³-hybridized carbons (Fsp3) is 0.167. The molecule has 6 heteroatoms. The molecule has 0 atom stereocenters. The van der Waals surface area contributed by atoms with Crippen LogP contribution in [0.1, 0.15) is 5.56 Å². The molecule has 12 heavy (non-hydrogen) atoms. The van der Waals surface area contributed by atoms with E-state index in [1.165, 1.54) is 0 Å². The molecule has 1 aromatic heterocycles. The molecule has 0 amide bonds. The number of hydrogen-bond acceptors (Lipinski definition) is 1. The molecule has 1 rings (SSSR count). The molecule has 0 aliphatic heterocycles. The normalized spacial score (nSPS) is 11.7. The standard InChI is InChI=1S/C6H3ClF3NO/c7-5-4(6(8,9)10)3(12)1-2-11-5/h1-2H,(H,11,12). The first-order valence-corrected chi connectivity index (χ1v) is 3.25. The summed E-state index contributed by atoms with van der Waals surface area (Å²) in [5.41, 5.74) is -2.49. The van der Waals surface area contributed by atoms with Crippen molar-refractivity contribution in [2.24, 2.45) is 0 Å². The van der Waals surface area contributed by atoms with Gasteiger partial charge >= 0.3 is 6.18 Å². The smallest absolute Gasteiger partial charge is 0.352 e. The van der Waals surface area contributed by atoms with E-state index in [1.807, 2.05) is 0 Å². The van der Waals surface area contributed by atoms with Crippen molar-refractivity contribution in [3.05, 3.63) is 33.2 Å². The van der Waals surface area contributed by atoms with Gasteiger partial charge in [0.1, 0.15) is 10.7 Å². The number of halogens is 4. The second kappa shape index (κ2) is 2.82. The van der Waals surface area contributed by atoms with E-state index in [4.69, 9.17) is 11.6 Å². The van der Waals surface area contributed by atoms with Crippen LogP contribution >= 0.6 is 11.6 Å². The maximum atomic E-state index is 12.0. The third-order valence-corrected chi connectivity index (χ3v) is 1.49. The van der Waals surface area contributed by atoms with Crippen LogP contribution in [-0.4, -0.2) is 4.98 Å². The van der Waals surface area contributed by atoms with Crippen LogP contribution in [0.3, 0.4) is 0 Å². The average molecular weight is 198 g/mol. The number of nitrogens with one attached hydrogen (secondary N) is 1. The Labute approximate surface area is 70.0 Å². The predicted octanol–water partition coefficient (Wildman–Crippen LogP) is 2.05. The highest BCUT2D eigenvalue weighted by Gasteiger charge is 2.36. The zero-order chi connectivity index (χ0) is 9.35. The molecule has 66 valence electrons. The molecule has 0 aliphatic rings. The molecule has 2 nitrogen and oxygen atoms in total. The Morgan fingerprint density at radius 1 is 1.42 bits per heavy atom. The maximum absolute atomic E-state index is 12.0. The molecule has 0 fully saturated rings. The van der Waals surface area contributed by atoms with Gasteiger partial charge < -0.3 is 4.98 Å². The Balaban J connectivity index is 3.42. The highest BCUT2D eigenvalue weighted by atomic mass is 35.5. The van der Waals surface area contributed by atoms with Gasteiger partial charge in [-0.05, 0) is 0 Å². The summed E-state index contributed by atoms with van der Waals surface area (Å²) in [6, 6.07) is 0.773. The summed E-state index contributed by atoms with van der Waals surface area (Å²) in [7, 11) is 0. The molecule has 1 N–H and O–H groups in total. The average Bonchev–Trinajstić information content (AvgIpc) is 1.82. The van der Waals surface area contributed by atoms with Crippen LogP contribution in [-0.2, 0) is 6.18 Å². The minimum atomic E-state index is -4.70. The van der Waals surface area contributed by atoms with Crippen LogP contribution in [0.5, 0.6) is 0 Å². The van der Waals surface area contributed by atoms with Gasteiger partial charge in [0.25, 0.3) is 0 Å².